The molecule has 0 fully saturated rings. The van der Waals surface area contributed by atoms with E-state index in [-0.39, 0.29) is 23.7 Å². The van der Waals surface area contributed by atoms with Crippen LogP contribution in [-0.2, 0) is 18.9 Å². The Labute approximate surface area is 150 Å². The van der Waals surface area contributed by atoms with Gasteiger partial charge in [0.2, 0.25) is 5.91 Å². The van der Waals surface area contributed by atoms with Gasteiger partial charge in [-0.05, 0) is 33.8 Å². The molecule has 2 aromatic rings. The third-order valence-corrected chi connectivity index (χ3v) is 5.10. The van der Waals surface area contributed by atoms with Gasteiger partial charge in [-0.2, -0.15) is 0 Å². The van der Waals surface area contributed by atoms with Crippen LogP contribution in [0, 0.1) is 0 Å². The fourth-order valence-corrected chi connectivity index (χ4v) is 3.87. The second kappa shape index (κ2) is 7.43. The van der Waals surface area contributed by atoms with E-state index in [1.165, 1.54) is 23.4 Å². The number of hydrogen-bond acceptors (Lipinski definition) is 5. The molecule has 0 aliphatic heterocycles. The molecule has 0 N–H and O–H groups in total. The van der Waals surface area contributed by atoms with E-state index in [1.807, 2.05) is 32.6 Å². The first-order valence-corrected chi connectivity index (χ1v) is 9.14. The highest BCUT2D eigenvalue weighted by molar-refractivity contribution is 8.00. The highest BCUT2D eigenvalue weighted by atomic mass is 32.2. The van der Waals surface area contributed by atoms with E-state index in [0.29, 0.717) is 15.9 Å². The summed E-state index contributed by atoms with van der Waals surface area (Å²) in [6, 6.07) is 1.92. The van der Waals surface area contributed by atoms with Gasteiger partial charge in [0.25, 0.3) is 5.56 Å². The van der Waals surface area contributed by atoms with Crippen LogP contribution in [-0.4, -0.2) is 42.8 Å². The van der Waals surface area contributed by atoms with Crippen LogP contribution in [0.15, 0.2) is 26.7 Å². The van der Waals surface area contributed by atoms with Crippen molar-refractivity contribution < 1.29 is 4.79 Å². The highest BCUT2D eigenvalue weighted by Crippen LogP contribution is 2.24. The monoisotopic (exact) mass is 364 g/mol. The van der Waals surface area contributed by atoms with Crippen molar-refractivity contribution in [3.05, 3.63) is 33.1 Å². The normalized spacial score (nSPS) is 11.5. The van der Waals surface area contributed by atoms with Crippen molar-refractivity contribution in [1.29, 1.82) is 0 Å². The van der Waals surface area contributed by atoms with Crippen LogP contribution in [0.5, 0.6) is 0 Å². The predicted octanol–water partition coefficient (Wildman–Crippen LogP) is 1.37. The van der Waals surface area contributed by atoms with Gasteiger partial charge in [0.15, 0.2) is 0 Å². The molecule has 2 heterocycles. The minimum absolute atomic E-state index is 0.0154. The molecule has 0 aromatic carbocycles. The first-order chi connectivity index (χ1) is 11.7. The number of rotatable bonds is 5. The zero-order valence-electron chi connectivity index (χ0n) is 15.4. The first kappa shape index (κ1) is 19.2. The lowest BCUT2D eigenvalue weighted by Crippen LogP contribution is -2.43. The molecule has 2 aromatic heterocycles. The van der Waals surface area contributed by atoms with Gasteiger partial charge in [-0.15, -0.1) is 11.8 Å². The summed E-state index contributed by atoms with van der Waals surface area (Å²) in [5.74, 6) is 0.239. The second-order valence-electron chi connectivity index (χ2n) is 6.49. The fraction of sp³-hybridized carbons (Fsp3) is 0.529. The van der Waals surface area contributed by atoms with Crippen molar-refractivity contribution in [2.45, 2.75) is 44.7 Å². The van der Waals surface area contributed by atoms with Gasteiger partial charge >= 0.3 is 5.69 Å². The Morgan fingerprint density at radius 1 is 1.16 bits per heavy atom. The molecule has 25 heavy (non-hydrogen) atoms. The van der Waals surface area contributed by atoms with Gasteiger partial charge in [0, 0.05) is 37.3 Å². The Balaban J connectivity index is 2.42. The predicted molar refractivity (Wildman–Crippen MR) is 100 cm³/mol. The van der Waals surface area contributed by atoms with Gasteiger partial charge in [-0.3, -0.25) is 18.7 Å². The molecular formula is C17H24N4O3S. The van der Waals surface area contributed by atoms with Gasteiger partial charge in [-0.25, -0.2) is 9.78 Å². The van der Waals surface area contributed by atoms with Crippen LogP contribution in [0.1, 0.15) is 27.7 Å². The largest absolute Gasteiger partial charge is 0.337 e. The number of fused-ring (bicyclic) bond motifs is 1. The van der Waals surface area contributed by atoms with Crippen LogP contribution in [0.3, 0.4) is 0 Å². The average Bonchev–Trinajstić information content (AvgIpc) is 2.55. The minimum Gasteiger partial charge on any atom is -0.337 e. The summed E-state index contributed by atoms with van der Waals surface area (Å²) in [7, 11) is 3.02. The molecule has 0 bridgehead atoms. The lowest BCUT2D eigenvalue weighted by molar-refractivity contribution is -0.131. The average molecular weight is 364 g/mol. The topological polar surface area (TPSA) is 77.2 Å². The Hall–Kier alpha value is -2.09. The second-order valence-corrected chi connectivity index (χ2v) is 7.51. The molecule has 0 spiro atoms. The number of carbonyl (C=O) groups excluding carboxylic acids is 1. The molecule has 0 saturated heterocycles. The maximum Gasteiger partial charge on any atom is 0.332 e. The van der Waals surface area contributed by atoms with Gasteiger partial charge in [0.05, 0.1) is 11.1 Å². The molecular weight excluding hydrogens is 340 g/mol. The number of carbonyl (C=O) groups is 1. The number of aryl methyl sites for hydroxylation is 1. The van der Waals surface area contributed by atoms with Gasteiger partial charge in [0.1, 0.15) is 5.65 Å². The summed E-state index contributed by atoms with van der Waals surface area (Å²) < 4.78 is 2.40. The summed E-state index contributed by atoms with van der Waals surface area (Å²) >= 11 is 1.30. The summed E-state index contributed by atoms with van der Waals surface area (Å²) in [5.41, 5.74) is -0.491. The van der Waals surface area contributed by atoms with Gasteiger partial charge in [-0.1, -0.05) is 0 Å². The van der Waals surface area contributed by atoms with Crippen molar-refractivity contribution in [1.82, 2.24) is 19.0 Å². The first-order valence-electron chi connectivity index (χ1n) is 8.15. The highest BCUT2D eigenvalue weighted by Gasteiger charge is 2.21. The minimum atomic E-state index is -0.422. The van der Waals surface area contributed by atoms with E-state index in [4.69, 9.17) is 0 Å². The molecule has 7 nitrogen and oxygen atoms in total. The van der Waals surface area contributed by atoms with E-state index in [0.717, 1.165) is 4.57 Å². The van der Waals surface area contributed by atoms with Crippen LogP contribution < -0.4 is 11.2 Å². The molecule has 1 amide bonds. The standard InChI is InChI=1S/C17H24N4O3S/c1-10(2)21(11(3)4)13(22)9-25-12-7-8-18-15-14(12)16(23)20(6)17(24)19(15)5/h7-8,10-11H,9H2,1-6H3. The molecule has 0 radical (unpaired) electrons. The SMILES string of the molecule is CC(C)N(C(=O)CSc1ccnc2c1c(=O)n(C)c(=O)n2C)C(C)C. The van der Waals surface area contributed by atoms with E-state index in [9.17, 15) is 14.4 Å². The lowest BCUT2D eigenvalue weighted by Gasteiger charge is -2.30. The molecule has 0 aliphatic rings. The maximum atomic E-state index is 12.6. The number of hydrogen-bond donors (Lipinski definition) is 0. The van der Waals surface area contributed by atoms with Crippen molar-refractivity contribution in [2.24, 2.45) is 14.1 Å². The van der Waals surface area contributed by atoms with Crippen LogP contribution in [0.4, 0.5) is 0 Å². The fourth-order valence-electron chi connectivity index (χ4n) is 2.97. The smallest absolute Gasteiger partial charge is 0.332 e. The number of pyridine rings is 1. The molecule has 2 rings (SSSR count). The van der Waals surface area contributed by atoms with Gasteiger partial charge < -0.3 is 4.90 Å². The van der Waals surface area contributed by atoms with Crippen molar-refractivity contribution >= 4 is 28.7 Å². The Morgan fingerprint density at radius 3 is 2.32 bits per heavy atom. The third-order valence-electron chi connectivity index (χ3n) is 4.05. The summed E-state index contributed by atoms with van der Waals surface area (Å²) in [6.07, 6.45) is 1.55. The zero-order valence-corrected chi connectivity index (χ0v) is 16.3. The van der Waals surface area contributed by atoms with Crippen LogP contribution in [0.25, 0.3) is 11.0 Å². The molecule has 0 saturated carbocycles. The zero-order chi connectivity index (χ0) is 18.9. The summed E-state index contributed by atoms with van der Waals surface area (Å²) in [4.78, 5) is 43.8. The molecule has 8 heteroatoms. The molecule has 0 aliphatic carbocycles. The van der Waals surface area contributed by atoms with Crippen LogP contribution >= 0.6 is 11.8 Å². The van der Waals surface area contributed by atoms with Crippen LogP contribution in [0.2, 0.25) is 0 Å². The van der Waals surface area contributed by atoms with E-state index in [2.05, 4.69) is 4.98 Å². The summed E-state index contributed by atoms with van der Waals surface area (Å²) in [6.45, 7) is 7.93. The van der Waals surface area contributed by atoms with Crippen molar-refractivity contribution in [2.75, 3.05) is 5.75 Å². The Bertz CT molecular complexity index is 906. The quantitative estimate of drug-likeness (QED) is 0.749. The van der Waals surface area contributed by atoms with E-state index >= 15 is 0 Å². The van der Waals surface area contributed by atoms with E-state index < -0.39 is 11.2 Å². The molecule has 0 atom stereocenters. The maximum absolute atomic E-state index is 12.6. The lowest BCUT2D eigenvalue weighted by atomic mass is 10.2. The number of nitrogens with zero attached hydrogens (tertiary/aromatic N) is 4. The molecule has 136 valence electrons. The number of thioether (sulfide) groups is 1. The Kier molecular flexibility index (Phi) is 5.72. The Morgan fingerprint density at radius 2 is 1.76 bits per heavy atom. The van der Waals surface area contributed by atoms with Crippen molar-refractivity contribution in [3.8, 4) is 0 Å². The van der Waals surface area contributed by atoms with E-state index in [1.54, 1.807) is 19.3 Å². The summed E-state index contributed by atoms with van der Waals surface area (Å²) in [5, 5.41) is 0.366. The number of aromatic nitrogens is 3. The molecule has 0 unspecified atom stereocenters. The van der Waals surface area contributed by atoms with Crippen molar-refractivity contribution in [3.63, 3.8) is 0 Å². The third kappa shape index (κ3) is 3.63. The number of amides is 1.